The number of rotatable bonds is 4. The van der Waals surface area contributed by atoms with Crippen LogP contribution in [0.25, 0.3) is 0 Å². The number of aromatic nitrogens is 3. The number of carbonyl (C=O) groups excluding carboxylic acids is 1. The third-order valence-electron chi connectivity index (χ3n) is 2.95. The minimum Gasteiger partial charge on any atom is -0.380 e. The van der Waals surface area contributed by atoms with Gasteiger partial charge in [-0.25, -0.2) is 4.98 Å². The summed E-state index contributed by atoms with van der Waals surface area (Å²) >= 11 is 0. The third-order valence-corrected chi connectivity index (χ3v) is 2.95. The van der Waals surface area contributed by atoms with Gasteiger partial charge in [-0.1, -0.05) is 0 Å². The van der Waals surface area contributed by atoms with Crippen LogP contribution in [0.3, 0.4) is 0 Å². The molecule has 16 heavy (non-hydrogen) atoms. The van der Waals surface area contributed by atoms with E-state index in [1.54, 1.807) is 18.8 Å². The first kappa shape index (κ1) is 11.2. The molecule has 1 saturated heterocycles. The summed E-state index contributed by atoms with van der Waals surface area (Å²) in [7, 11) is 3.46. The highest BCUT2D eigenvalue weighted by atomic mass is 16.5. The van der Waals surface area contributed by atoms with E-state index in [9.17, 15) is 4.79 Å². The lowest BCUT2D eigenvalue weighted by atomic mass is 10.1. The Labute approximate surface area is 94.0 Å². The number of aryl methyl sites for hydroxylation is 1. The van der Waals surface area contributed by atoms with Crippen LogP contribution in [0.2, 0.25) is 0 Å². The fourth-order valence-electron chi connectivity index (χ4n) is 1.89. The van der Waals surface area contributed by atoms with Gasteiger partial charge in [0.2, 0.25) is 0 Å². The molecule has 6 nitrogen and oxygen atoms in total. The van der Waals surface area contributed by atoms with Crippen LogP contribution in [0, 0.1) is 0 Å². The van der Waals surface area contributed by atoms with Crippen LogP contribution in [0.1, 0.15) is 12.2 Å². The molecule has 0 radical (unpaired) electrons. The van der Waals surface area contributed by atoms with Crippen molar-refractivity contribution in [3.63, 3.8) is 0 Å². The van der Waals surface area contributed by atoms with Gasteiger partial charge in [0.15, 0.2) is 5.78 Å². The summed E-state index contributed by atoms with van der Waals surface area (Å²) in [4.78, 5) is 16.0. The Morgan fingerprint density at radius 1 is 1.75 bits per heavy atom. The van der Waals surface area contributed by atoms with Gasteiger partial charge in [0.05, 0.1) is 18.6 Å². The number of nitrogens with zero attached hydrogens (tertiary/aromatic N) is 3. The quantitative estimate of drug-likeness (QED) is 0.732. The normalized spacial score (nSPS) is 24.9. The molecule has 0 saturated carbocycles. The number of ketones is 1. The van der Waals surface area contributed by atoms with Crippen molar-refractivity contribution in [1.82, 2.24) is 20.1 Å². The zero-order valence-electron chi connectivity index (χ0n) is 9.51. The largest absolute Gasteiger partial charge is 0.380 e. The second-order valence-electron chi connectivity index (χ2n) is 4.00. The molecular weight excluding hydrogens is 208 g/mol. The van der Waals surface area contributed by atoms with Gasteiger partial charge in [0, 0.05) is 20.7 Å². The van der Waals surface area contributed by atoms with Crippen LogP contribution in [-0.4, -0.2) is 46.3 Å². The first-order valence-corrected chi connectivity index (χ1v) is 5.32. The average molecular weight is 224 g/mol. The number of Topliss-reactive ketones (excluding diaryl/α,β-unsaturated/α-hetero) is 1. The van der Waals surface area contributed by atoms with Gasteiger partial charge in [-0.15, -0.1) is 0 Å². The lowest BCUT2D eigenvalue weighted by molar-refractivity contribution is -0.120. The maximum Gasteiger partial charge on any atom is 0.157 e. The van der Waals surface area contributed by atoms with Crippen LogP contribution < -0.4 is 5.32 Å². The van der Waals surface area contributed by atoms with E-state index in [0.29, 0.717) is 12.2 Å². The van der Waals surface area contributed by atoms with Crippen molar-refractivity contribution in [3.05, 3.63) is 12.2 Å². The van der Waals surface area contributed by atoms with Crippen molar-refractivity contribution in [1.29, 1.82) is 0 Å². The Balaban J connectivity index is 1.92. The Morgan fingerprint density at radius 2 is 2.56 bits per heavy atom. The van der Waals surface area contributed by atoms with Gasteiger partial charge in [-0.2, -0.15) is 5.10 Å². The van der Waals surface area contributed by atoms with Crippen LogP contribution >= 0.6 is 0 Å². The molecule has 1 aliphatic rings. The van der Waals surface area contributed by atoms with E-state index in [4.69, 9.17) is 4.74 Å². The number of methoxy groups -OCH3 is 1. The maximum atomic E-state index is 11.9. The number of hydrogen-bond acceptors (Lipinski definition) is 5. The molecular formula is C10H16N4O2. The zero-order chi connectivity index (χ0) is 11.5. The fraction of sp³-hybridized carbons (Fsp3) is 0.700. The van der Waals surface area contributed by atoms with E-state index in [-0.39, 0.29) is 17.9 Å². The summed E-state index contributed by atoms with van der Waals surface area (Å²) in [5.41, 5.74) is 0. The first-order valence-electron chi connectivity index (χ1n) is 5.32. The van der Waals surface area contributed by atoms with Gasteiger partial charge >= 0.3 is 0 Å². The standard InChI is InChI=1S/C10H16N4O2/c1-14-10(12-6-13-14)4-9(15)8-3-7(16-2)5-11-8/h6-8,11H,3-5H2,1-2H3. The third kappa shape index (κ3) is 2.28. The van der Waals surface area contributed by atoms with Crippen LogP contribution in [-0.2, 0) is 23.0 Å². The number of hydrogen-bond donors (Lipinski definition) is 1. The van der Waals surface area contributed by atoms with Crippen LogP contribution in [0.15, 0.2) is 6.33 Å². The molecule has 1 aliphatic heterocycles. The average Bonchev–Trinajstić information content (AvgIpc) is 2.88. The molecule has 0 aromatic carbocycles. The second kappa shape index (κ2) is 4.71. The Bertz CT molecular complexity index is 377. The highest BCUT2D eigenvalue weighted by molar-refractivity contribution is 5.85. The van der Waals surface area contributed by atoms with E-state index < -0.39 is 0 Å². The van der Waals surface area contributed by atoms with Crippen molar-refractivity contribution in [2.45, 2.75) is 25.0 Å². The minimum absolute atomic E-state index is 0.110. The molecule has 1 aromatic heterocycles. The Morgan fingerprint density at radius 3 is 3.12 bits per heavy atom. The van der Waals surface area contributed by atoms with Gasteiger partial charge in [0.1, 0.15) is 12.2 Å². The molecule has 1 aromatic rings. The summed E-state index contributed by atoms with van der Waals surface area (Å²) in [5, 5.41) is 7.09. The van der Waals surface area contributed by atoms with Gasteiger partial charge in [0.25, 0.3) is 0 Å². The molecule has 6 heteroatoms. The van der Waals surface area contributed by atoms with Gasteiger partial charge < -0.3 is 10.1 Å². The molecule has 0 bridgehead atoms. The lowest BCUT2D eigenvalue weighted by Gasteiger charge is -2.08. The summed E-state index contributed by atoms with van der Waals surface area (Å²) in [6.07, 6.45) is 2.67. The summed E-state index contributed by atoms with van der Waals surface area (Å²) in [5.74, 6) is 0.850. The highest BCUT2D eigenvalue weighted by Gasteiger charge is 2.29. The molecule has 88 valence electrons. The second-order valence-corrected chi connectivity index (χ2v) is 4.00. The van der Waals surface area contributed by atoms with E-state index in [2.05, 4.69) is 15.4 Å². The molecule has 2 rings (SSSR count). The van der Waals surface area contributed by atoms with Crippen molar-refractivity contribution in [3.8, 4) is 0 Å². The minimum atomic E-state index is -0.110. The molecule has 2 atom stereocenters. The van der Waals surface area contributed by atoms with E-state index in [1.807, 2.05) is 0 Å². The molecule has 2 unspecified atom stereocenters. The van der Waals surface area contributed by atoms with Crippen molar-refractivity contribution < 1.29 is 9.53 Å². The molecule has 0 aliphatic carbocycles. The maximum absolute atomic E-state index is 11.9. The predicted octanol–water partition coefficient (Wildman–Crippen LogP) is -0.696. The zero-order valence-corrected chi connectivity index (χ0v) is 9.51. The van der Waals surface area contributed by atoms with Crippen molar-refractivity contribution in [2.75, 3.05) is 13.7 Å². The van der Waals surface area contributed by atoms with E-state index >= 15 is 0 Å². The van der Waals surface area contributed by atoms with Crippen LogP contribution in [0.4, 0.5) is 0 Å². The van der Waals surface area contributed by atoms with E-state index in [0.717, 1.165) is 13.0 Å². The van der Waals surface area contributed by atoms with E-state index in [1.165, 1.54) is 6.33 Å². The number of carbonyl (C=O) groups is 1. The fourth-order valence-corrected chi connectivity index (χ4v) is 1.89. The monoisotopic (exact) mass is 224 g/mol. The summed E-state index contributed by atoms with van der Waals surface area (Å²) in [6, 6.07) is -0.110. The summed E-state index contributed by atoms with van der Waals surface area (Å²) < 4.78 is 6.83. The SMILES string of the molecule is COC1CNC(C(=O)Cc2ncnn2C)C1. The van der Waals surface area contributed by atoms with Gasteiger partial charge in [-0.3, -0.25) is 9.48 Å². The van der Waals surface area contributed by atoms with Crippen molar-refractivity contribution >= 4 is 5.78 Å². The van der Waals surface area contributed by atoms with Gasteiger partial charge in [-0.05, 0) is 6.42 Å². The lowest BCUT2D eigenvalue weighted by Crippen LogP contribution is -2.32. The topological polar surface area (TPSA) is 69.0 Å². The molecule has 1 fully saturated rings. The number of nitrogens with one attached hydrogen (secondary N) is 1. The smallest absolute Gasteiger partial charge is 0.157 e. The molecule has 1 N–H and O–H groups in total. The molecule has 2 heterocycles. The number of ether oxygens (including phenoxy) is 1. The Kier molecular flexibility index (Phi) is 3.31. The molecule has 0 amide bonds. The van der Waals surface area contributed by atoms with Crippen LogP contribution in [0.5, 0.6) is 0 Å². The Hall–Kier alpha value is -1.27. The summed E-state index contributed by atoms with van der Waals surface area (Å²) in [6.45, 7) is 0.742. The predicted molar refractivity (Wildman–Crippen MR) is 56.9 cm³/mol. The highest BCUT2D eigenvalue weighted by Crippen LogP contribution is 2.11. The molecule has 0 spiro atoms. The first-order chi connectivity index (χ1) is 7.70. The van der Waals surface area contributed by atoms with Crippen molar-refractivity contribution in [2.24, 2.45) is 7.05 Å².